The van der Waals surface area contributed by atoms with E-state index in [0.717, 1.165) is 48.4 Å². The minimum Gasteiger partial charge on any atom is -0.411 e. The number of aryl methyl sites for hydroxylation is 4. The molecule has 0 aliphatic heterocycles. The van der Waals surface area contributed by atoms with Crippen molar-refractivity contribution in [2.75, 3.05) is 21.3 Å². The van der Waals surface area contributed by atoms with Crippen LogP contribution in [-0.4, -0.2) is 17.3 Å². The average Bonchev–Trinajstić information content (AvgIpc) is 0.867. The largest absolute Gasteiger partial charge is 4.00 e. The number of hydrogen-bond donors (Lipinski definition) is 4. The van der Waals surface area contributed by atoms with Crippen molar-refractivity contribution in [2.45, 2.75) is 466 Å². The first-order valence-electron chi connectivity index (χ1n) is 47.1. The molecule has 4 N–H and O–H groups in total. The standard InChI is InChI=1S/4C25H43NS2.Mo/c4*1-3-5-7-9-11-13-15-18-22-19-17-21-24(26-25(27)28)23(22)20-16-14-12-10-8-6-4-2;/h4*17,19,21H,3-16,18,20H2,1-2H3,(H2,26,27,28);/q;;;;+4/p-4. The summed E-state index contributed by atoms with van der Waals surface area (Å²) in [4.78, 5) is 0. The molecule has 0 fully saturated rings. The van der Waals surface area contributed by atoms with Crippen molar-refractivity contribution in [2.24, 2.45) is 0 Å². The van der Waals surface area contributed by atoms with Crippen LogP contribution < -0.4 is 21.3 Å². The monoisotopic (exact) mass is 1780 g/mol. The van der Waals surface area contributed by atoms with Crippen LogP contribution in [0.4, 0.5) is 22.7 Å². The van der Waals surface area contributed by atoms with Gasteiger partial charge >= 0.3 is 21.1 Å². The van der Waals surface area contributed by atoms with Crippen molar-refractivity contribution in [1.29, 1.82) is 0 Å². The molecule has 0 saturated heterocycles. The Hall–Kier alpha value is -1.99. The predicted molar refractivity (Wildman–Crippen MR) is 534 cm³/mol. The van der Waals surface area contributed by atoms with Crippen LogP contribution in [0.3, 0.4) is 0 Å². The maximum atomic E-state index is 5.14. The van der Waals surface area contributed by atoms with Crippen molar-refractivity contribution in [3.8, 4) is 0 Å². The van der Waals surface area contributed by atoms with E-state index >= 15 is 0 Å². The van der Waals surface area contributed by atoms with E-state index < -0.39 is 0 Å². The summed E-state index contributed by atoms with van der Waals surface area (Å²) in [5.41, 5.74) is 16.4. The van der Waals surface area contributed by atoms with Crippen LogP contribution in [0.2, 0.25) is 0 Å². The Labute approximate surface area is 758 Å². The molecule has 0 aromatic heterocycles. The fraction of sp³-hybridized carbons (Fsp3) is 0.720. The minimum atomic E-state index is 0. The summed E-state index contributed by atoms with van der Waals surface area (Å²) in [5.74, 6) is 0. The summed E-state index contributed by atoms with van der Waals surface area (Å²) in [5, 5.41) is 13.0. The summed E-state index contributed by atoms with van der Waals surface area (Å²) in [6.07, 6.45) is 85.1. The van der Waals surface area contributed by atoms with Crippen molar-refractivity contribution >= 4 is 139 Å². The van der Waals surface area contributed by atoms with Gasteiger partial charge in [0.1, 0.15) is 0 Å². The van der Waals surface area contributed by atoms with E-state index in [1.165, 1.54) is 430 Å². The Morgan fingerprint density at radius 3 is 0.451 bits per heavy atom. The van der Waals surface area contributed by atoms with Gasteiger partial charge in [-0.2, -0.15) is 0 Å². The number of nitrogens with one attached hydrogen (secondary N) is 4. The molecule has 0 aliphatic carbocycles. The number of rotatable bonds is 68. The third-order valence-corrected chi connectivity index (χ3v) is 23.2. The van der Waals surface area contributed by atoms with Gasteiger partial charge in [0.2, 0.25) is 0 Å². The third-order valence-electron chi connectivity index (χ3n) is 22.4. The Balaban J connectivity index is 0.00000148. The van der Waals surface area contributed by atoms with Gasteiger partial charge in [-0.15, -0.1) is 0 Å². The number of thiocarbonyl (C=S) groups is 4. The molecule has 642 valence electrons. The van der Waals surface area contributed by atoms with Gasteiger partial charge in [-0.3, -0.25) is 0 Å². The second-order valence-corrected chi connectivity index (χ2v) is 36.7. The maximum absolute atomic E-state index is 5.14. The van der Waals surface area contributed by atoms with Crippen LogP contribution in [0, 0.1) is 0 Å². The summed E-state index contributed by atoms with van der Waals surface area (Å²) >= 11 is 41.1. The summed E-state index contributed by atoms with van der Waals surface area (Å²) < 4.78 is 1.81. The van der Waals surface area contributed by atoms with Gasteiger partial charge in [-0.1, -0.05) is 429 Å². The zero-order chi connectivity index (χ0) is 81.8. The topological polar surface area (TPSA) is 48.1 Å². The molecule has 0 bridgehead atoms. The molecule has 4 nitrogen and oxygen atoms in total. The molecule has 0 spiro atoms. The van der Waals surface area contributed by atoms with Crippen molar-refractivity contribution < 1.29 is 21.1 Å². The van der Waals surface area contributed by atoms with Gasteiger partial charge in [0.05, 0.1) is 0 Å². The van der Waals surface area contributed by atoms with Gasteiger partial charge < -0.3 is 121 Å². The first kappa shape index (κ1) is 111. The van der Waals surface area contributed by atoms with Gasteiger partial charge in [0.25, 0.3) is 0 Å². The van der Waals surface area contributed by atoms with Crippen LogP contribution in [0.15, 0.2) is 72.8 Å². The molecule has 0 unspecified atom stereocenters. The van der Waals surface area contributed by atoms with Crippen molar-refractivity contribution in [1.82, 2.24) is 0 Å². The van der Waals surface area contributed by atoms with Gasteiger partial charge in [0, 0.05) is 22.7 Å². The quantitative estimate of drug-likeness (QED) is 0.0147. The summed E-state index contributed by atoms with van der Waals surface area (Å²) in [6, 6.07) is 26.4. The van der Waals surface area contributed by atoms with Crippen LogP contribution in [0.25, 0.3) is 0 Å². The average molecular weight is 1780 g/mol. The summed E-state index contributed by atoms with van der Waals surface area (Å²) in [7, 11) is 0. The van der Waals surface area contributed by atoms with Crippen LogP contribution in [-0.2, 0) is 123 Å². The number of anilines is 4. The number of hydrogen-bond acceptors (Lipinski definition) is 8. The molecule has 0 heterocycles. The fourth-order valence-corrected chi connectivity index (χ4v) is 16.6. The zero-order valence-electron chi connectivity index (χ0n) is 73.9. The predicted octanol–water partition coefficient (Wildman–Crippen LogP) is 34.1. The Morgan fingerprint density at radius 1 is 0.195 bits per heavy atom. The minimum absolute atomic E-state index is 0. The van der Waals surface area contributed by atoms with Gasteiger partial charge in [-0.05, 0) is 172 Å². The van der Waals surface area contributed by atoms with Gasteiger partial charge in [-0.25, -0.2) is 0 Å². The molecule has 4 aromatic rings. The molecule has 0 saturated carbocycles. The Morgan fingerprint density at radius 2 is 0.319 bits per heavy atom. The number of unbranched alkanes of at least 4 members (excludes halogenated alkanes) is 48. The number of benzene rings is 4. The van der Waals surface area contributed by atoms with E-state index in [9.17, 15) is 0 Å². The van der Waals surface area contributed by atoms with E-state index in [2.05, 4.69) is 149 Å². The molecule has 0 atom stereocenters. The van der Waals surface area contributed by atoms with Crippen molar-refractivity contribution in [3.05, 3.63) is 117 Å². The molecular formula is C100H168MoN4S8. The third kappa shape index (κ3) is 63.6. The van der Waals surface area contributed by atoms with E-state index in [-0.39, 0.29) is 21.1 Å². The first-order chi connectivity index (χ1) is 54.7. The normalized spacial score (nSPS) is 10.8. The van der Waals surface area contributed by atoms with Crippen LogP contribution >= 0.6 is 48.9 Å². The smallest absolute Gasteiger partial charge is 0.411 e. The molecule has 4 aromatic carbocycles. The van der Waals surface area contributed by atoms with E-state index in [1.807, 2.05) is 0 Å². The second-order valence-electron chi connectivity index (χ2n) is 32.4. The Kier molecular flexibility index (Phi) is 80.9. The SMILES string of the molecule is CCCCCCCCCc1cccc(NC(=S)[S-])c1CCCCCCCCC.CCCCCCCCCc1cccc(NC(=S)[S-])c1CCCCCCCCC.CCCCCCCCCc1cccc(NC(=S)[S-])c1CCCCCCCCC.CCCCCCCCCc1cccc(NC(=S)[S-])c1CCCCCCCCC.[Mo+4]. The molecule has 4 rings (SSSR count). The molecule has 0 radical (unpaired) electrons. The van der Waals surface area contributed by atoms with E-state index in [4.69, 9.17) is 99.4 Å². The van der Waals surface area contributed by atoms with E-state index in [1.54, 1.807) is 0 Å². The first-order valence-corrected chi connectivity index (χ1v) is 50.4. The fourth-order valence-electron chi connectivity index (χ4n) is 15.7. The zero-order valence-corrected chi connectivity index (χ0v) is 82.4. The molecule has 0 aliphatic rings. The molecular weight excluding hydrogens is 1610 g/mol. The molecule has 0 amide bonds. The Bertz CT molecular complexity index is 2500. The summed E-state index contributed by atoms with van der Waals surface area (Å²) in [6.45, 7) is 18.2. The van der Waals surface area contributed by atoms with Gasteiger partial charge in [0.15, 0.2) is 0 Å². The molecule has 13 heteroatoms. The van der Waals surface area contributed by atoms with Crippen LogP contribution in [0.5, 0.6) is 0 Å². The van der Waals surface area contributed by atoms with Crippen molar-refractivity contribution in [3.63, 3.8) is 0 Å². The van der Waals surface area contributed by atoms with E-state index in [0.29, 0.717) is 17.3 Å². The molecule has 113 heavy (non-hydrogen) atoms. The maximum Gasteiger partial charge on any atom is 4.00 e. The second kappa shape index (κ2) is 82.3. The van der Waals surface area contributed by atoms with Crippen LogP contribution in [0.1, 0.15) is 459 Å².